The summed E-state index contributed by atoms with van der Waals surface area (Å²) in [5, 5.41) is 0. The molecule has 0 atom stereocenters. The van der Waals surface area contributed by atoms with Crippen LogP contribution >= 0.6 is 11.8 Å². The van der Waals surface area contributed by atoms with Crippen LogP contribution in [0.4, 0.5) is 20.5 Å². The number of piperazine rings is 1. The predicted octanol–water partition coefficient (Wildman–Crippen LogP) is 3.66. The fourth-order valence-electron chi connectivity index (χ4n) is 3.91. The molecule has 1 aromatic heterocycles. The van der Waals surface area contributed by atoms with E-state index >= 15 is 0 Å². The number of alkyl halides is 2. The van der Waals surface area contributed by atoms with Crippen LogP contribution in [0.3, 0.4) is 0 Å². The fraction of sp³-hybridized carbons (Fsp3) is 0.476. The molecule has 160 valence electrons. The maximum Gasteiger partial charge on any atom is 0.288 e. The third-order valence-electron chi connectivity index (χ3n) is 5.44. The molecule has 6 nitrogen and oxygen atoms in total. The van der Waals surface area contributed by atoms with Crippen molar-refractivity contribution in [2.24, 2.45) is 0 Å². The van der Waals surface area contributed by atoms with Gasteiger partial charge in [0.15, 0.2) is 0 Å². The summed E-state index contributed by atoms with van der Waals surface area (Å²) in [5.41, 5.74) is 1.26. The first-order chi connectivity index (χ1) is 14.5. The number of nitrogens with zero attached hydrogens (tertiary/aromatic N) is 5. The third kappa shape index (κ3) is 4.66. The molecule has 0 spiro atoms. The highest BCUT2D eigenvalue weighted by Gasteiger charge is 2.26. The van der Waals surface area contributed by atoms with E-state index in [0.29, 0.717) is 54.3 Å². The number of halogens is 2. The highest BCUT2D eigenvalue weighted by molar-refractivity contribution is 7.99. The summed E-state index contributed by atoms with van der Waals surface area (Å²) < 4.78 is 25.7. The van der Waals surface area contributed by atoms with Crippen LogP contribution in [-0.2, 0) is 0 Å². The first-order valence-electron chi connectivity index (χ1n) is 10.2. The molecule has 1 amide bonds. The van der Waals surface area contributed by atoms with Crippen LogP contribution in [0.1, 0.15) is 28.9 Å². The Hall–Kier alpha value is -2.42. The Morgan fingerprint density at radius 2 is 1.70 bits per heavy atom. The number of carbonyl (C=O) groups is 1. The van der Waals surface area contributed by atoms with Crippen molar-refractivity contribution < 1.29 is 13.6 Å². The van der Waals surface area contributed by atoms with Crippen LogP contribution in [-0.4, -0.2) is 65.8 Å². The monoisotopic (exact) mass is 433 g/mol. The third-order valence-corrected chi connectivity index (χ3v) is 6.23. The standard InChI is InChI=1S/C21H25F2N5OS/c1-15-14-18(26-8-4-5-9-26)25-21(24-15)28-12-10-27(11-13-28)19(29)16-6-2-3-7-17(16)30-20(22)23/h2-3,6-7,14,20H,4-5,8-13H2,1H3. The summed E-state index contributed by atoms with van der Waals surface area (Å²) in [5.74, 6) is -1.11. The van der Waals surface area contributed by atoms with Crippen LogP contribution in [0, 0.1) is 6.92 Å². The van der Waals surface area contributed by atoms with Gasteiger partial charge in [-0.1, -0.05) is 23.9 Å². The Labute approximate surface area is 179 Å². The van der Waals surface area contributed by atoms with E-state index in [1.54, 1.807) is 29.2 Å². The van der Waals surface area contributed by atoms with Crippen molar-refractivity contribution in [3.63, 3.8) is 0 Å². The van der Waals surface area contributed by atoms with Gasteiger partial charge in [0.05, 0.1) is 5.56 Å². The SMILES string of the molecule is Cc1cc(N2CCCC2)nc(N2CCN(C(=O)c3ccccc3SC(F)F)CC2)n1. The summed E-state index contributed by atoms with van der Waals surface area (Å²) in [4.78, 5) is 28.7. The minimum Gasteiger partial charge on any atom is -0.356 e. The molecule has 2 aliphatic rings. The molecule has 0 bridgehead atoms. The number of thioether (sulfide) groups is 1. The van der Waals surface area contributed by atoms with E-state index in [1.165, 1.54) is 12.8 Å². The molecule has 2 saturated heterocycles. The Morgan fingerprint density at radius 3 is 2.40 bits per heavy atom. The number of rotatable bonds is 5. The number of anilines is 2. The smallest absolute Gasteiger partial charge is 0.288 e. The molecular formula is C21H25F2N5OS. The summed E-state index contributed by atoms with van der Waals surface area (Å²) in [7, 11) is 0. The molecule has 30 heavy (non-hydrogen) atoms. The summed E-state index contributed by atoms with van der Waals surface area (Å²) in [6.07, 6.45) is 2.37. The van der Waals surface area contributed by atoms with Crippen molar-refractivity contribution in [2.75, 3.05) is 49.1 Å². The average molecular weight is 434 g/mol. The van der Waals surface area contributed by atoms with Gasteiger partial charge >= 0.3 is 0 Å². The largest absolute Gasteiger partial charge is 0.356 e. The lowest BCUT2D eigenvalue weighted by Gasteiger charge is -2.35. The molecule has 4 rings (SSSR count). The zero-order valence-electron chi connectivity index (χ0n) is 16.9. The number of amides is 1. The number of aryl methyl sites for hydroxylation is 1. The second-order valence-corrected chi connectivity index (χ2v) is 8.55. The highest BCUT2D eigenvalue weighted by Crippen LogP contribution is 2.29. The van der Waals surface area contributed by atoms with Gasteiger partial charge < -0.3 is 14.7 Å². The zero-order chi connectivity index (χ0) is 21.1. The molecule has 3 heterocycles. The summed E-state index contributed by atoms with van der Waals surface area (Å²) in [6, 6.07) is 8.59. The highest BCUT2D eigenvalue weighted by atomic mass is 32.2. The van der Waals surface area contributed by atoms with Gasteiger partial charge in [-0.05, 0) is 31.9 Å². The fourth-order valence-corrected chi connectivity index (χ4v) is 4.54. The first kappa shape index (κ1) is 20.8. The number of aromatic nitrogens is 2. The van der Waals surface area contributed by atoms with Crippen molar-refractivity contribution in [1.82, 2.24) is 14.9 Å². The van der Waals surface area contributed by atoms with E-state index in [4.69, 9.17) is 4.98 Å². The molecule has 0 N–H and O–H groups in total. The maximum absolute atomic E-state index is 12.9. The number of benzene rings is 1. The second-order valence-electron chi connectivity index (χ2n) is 7.52. The van der Waals surface area contributed by atoms with Crippen LogP contribution in [0.25, 0.3) is 0 Å². The molecule has 0 radical (unpaired) electrons. The number of carbonyl (C=O) groups excluding carboxylic acids is 1. The summed E-state index contributed by atoms with van der Waals surface area (Å²) >= 11 is 0.414. The van der Waals surface area contributed by atoms with Crippen molar-refractivity contribution in [3.8, 4) is 0 Å². The molecule has 0 saturated carbocycles. The van der Waals surface area contributed by atoms with E-state index in [1.807, 2.05) is 13.0 Å². The Morgan fingerprint density at radius 1 is 1.00 bits per heavy atom. The maximum atomic E-state index is 12.9. The Balaban J connectivity index is 1.44. The molecule has 1 aromatic carbocycles. The normalized spacial score (nSPS) is 17.1. The van der Waals surface area contributed by atoms with E-state index in [0.717, 1.165) is 24.6 Å². The van der Waals surface area contributed by atoms with Gasteiger partial charge in [0.1, 0.15) is 5.82 Å². The molecule has 0 aliphatic carbocycles. The molecule has 9 heteroatoms. The van der Waals surface area contributed by atoms with Gasteiger partial charge in [0.25, 0.3) is 11.7 Å². The van der Waals surface area contributed by atoms with Gasteiger partial charge in [0, 0.05) is 55.9 Å². The first-order valence-corrected chi connectivity index (χ1v) is 11.1. The number of hydrogen-bond donors (Lipinski definition) is 0. The quantitative estimate of drug-likeness (QED) is 0.671. The van der Waals surface area contributed by atoms with E-state index in [-0.39, 0.29) is 5.91 Å². The molecule has 2 aromatic rings. The molecule has 2 aliphatic heterocycles. The van der Waals surface area contributed by atoms with Gasteiger partial charge in [-0.15, -0.1) is 0 Å². The van der Waals surface area contributed by atoms with Crippen molar-refractivity contribution in [1.29, 1.82) is 0 Å². The lowest BCUT2D eigenvalue weighted by molar-refractivity contribution is 0.0742. The van der Waals surface area contributed by atoms with Crippen molar-refractivity contribution in [2.45, 2.75) is 30.4 Å². The van der Waals surface area contributed by atoms with E-state index in [2.05, 4.69) is 14.8 Å². The Kier molecular flexibility index (Phi) is 6.36. The van der Waals surface area contributed by atoms with Crippen LogP contribution < -0.4 is 9.80 Å². The second kappa shape index (κ2) is 9.16. The van der Waals surface area contributed by atoms with E-state index < -0.39 is 5.76 Å². The predicted molar refractivity (Wildman–Crippen MR) is 115 cm³/mol. The van der Waals surface area contributed by atoms with E-state index in [9.17, 15) is 13.6 Å². The molecular weight excluding hydrogens is 408 g/mol. The minimum atomic E-state index is -2.56. The average Bonchev–Trinajstić information content (AvgIpc) is 3.28. The minimum absolute atomic E-state index is 0.207. The number of hydrogen-bond acceptors (Lipinski definition) is 6. The molecule has 0 unspecified atom stereocenters. The van der Waals surface area contributed by atoms with Gasteiger partial charge in [-0.25, -0.2) is 4.98 Å². The lowest BCUT2D eigenvalue weighted by atomic mass is 10.2. The van der Waals surface area contributed by atoms with Gasteiger partial charge in [-0.2, -0.15) is 13.8 Å². The van der Waals surface area contributed by atoms with Crippen LogP contribution in [0.5, 0.6) is 0 Å². The lowest BCUT2D eigenvalue weighted by Crippen LogP contribution is -2.49. The van der Waals surface area contributed by atoms with Crippen LogP contribution in [0.2, 0.25) is 0 Å². The van der Waals surface area contributed by atoms with Crippen molar-refractivity contribution >= 4 is 29.4 Å². The van der Waals surface area contributed by atoms with Crippen LogP contribution in [0.15, 0.2) is 35.2 Å². The molecule has 2 fully saturated rings. The van der Waals surface area contributed by atoms with Gasteiger partial charge in [0.2, 0.25) is 5.95 Å². The Bertz CT molecular complexity index is 899. The summed E-state index contributed by atoms with van der Waals surface area (Å²) in [6.45, 7) is 6.24. The van der Waals surface area contributed by atoms with Crippen molar-refractivity contribution in [3.05, 3.63) is 41.6 Å². The topological polar surface area (TPSA) is 52.6 Å². The van der Waals surface area contributed by atoms with Gasteiger partial charge in [-0.3, -0.25) is 4.79 Å². The zero-order valence-corrected chi connectivity index (χ0v) is 17.7.